The summed E-state index contributed by atoms with van der Waals surface area (Å²) in [6, 6.07) is 12.1. The van der Waals surface area contributed by atoms with Gasteiger partial charge in [0.15, 0.2) is 11.5 Å². The fraction of sp³-hybridized carbons (Fsp3) is 0.458. The molecule has 2 aliphatic heterocycles. The van der Waals surface area contributed by atoms with Crippen molar-refractivity contribution in [2.24, 2.45) is 5.92 Å². The molecule has 6 heteroatoms. The van der Waals surface area contributed by atoms with Crippen LogP contribution in [0.25, 0.3) is 0 Å². The van der Waals surface area contributed by atoms with E-state index in [0.717, 1.165) is 50.1 Å². The molecule has 0 saturated carbocycles. The molecule has 6 nitrogen and oxygen atoms in total. The van der Waals surface area contributed by atoms with Crippen molar-refractivity contribution in [1.29, 1.82) is 0 Å². The number of carbonyl (C=O) groups excluding carboxylic acids is 1. The number of nitrogens with one attached hydrogen (secondary N) is 1. The number of amides is 1. The number of ether oxygens (including phenoxy) is 3. The number of piperidine rings is 1. The number of methoxy groups -OCH3 is 3. The van der Waals surface area contributed by atoms with Crippen LogP contribution in [0.4, 0.5) is 0 Å². The maximum absolute atomic E-state index is 12.2. The molecule has 4 rings (SSSR count). The van der Waals surface area contributed by atoms with Gasteiger partial charge in [-0.3, -0.25) is 9.69 Å². The van der Waals surface area contributed by atoms with E-state index in [9.17, 15) is 4.79 Å². The molecular weight excluding hydrogens is 380 g/mol. The van der Waals surface area contributed by atoms with Gasteiger partial charge in [0.05, 0.1) is 21.3 Å². The van der Waals surface area contributed by atoms with Gasteiger partial charge in [-0.2, -0.15) is 0 Å². The monoisotopic (exact) mass is 410 g/mol. The summed E-state index contributed by atoms with van der Waals surface area (Å²) in [4.78, 5) is 14.6. The number of likely N-dealkylation sites (tertiary alicyclic amines) is 1. The molecule has 0 bridgehead atoms. The predicted octanol–water partition coefficient (Wildman–Crippen LogP) is 3.45. The summed E-state index contributed by atoms with van der Waals surface area (Å²) in [6.45, 7) is 3.66. The quantitative estimate of drug-likeness (QED) is 0.790. The Bertz CT molecular complexity index is 881. The van der Waals surface area contributed by atoms with E-state index in [0.29, 0.717) is 29.1 Å². The first-order valence-corrected chi connectivity index (χ1v) is 10.5. The molecule has 1 saturated heterocycles. The van der Waals surface area contributed by atoms with E-state index in [1.807, 2.05) is 30.3 Å². The number of hydrogen-bond donors (Lipinski definition) is 1. The molecule has 160 valence electrons. The number of carbonyl (C=O) groups is 1. The van der Waals surface area contributed by atoms with E-state index in [-0.39, 0.29) is 5.91 Å². The van der Waals surface area contributed by atoms with Crippen molar-refractivity contribution in [2.45, 2.75) is 25.3 Å². The molecule has 2 aromatic rings. The lowest BCUT2D eigenvalue weighted by Gasteiger charge is -2.38. The SMILES string of the molecule is COc1cc(CN2CCC(C3CNC(=O)c4ccccc43)CC2)cc(OC)c1OC. The summed E-state index contributed by atoms with van der Waals surface area (Å²) in [5.41, 5.74) is 3.20. The van der Waals surface area contributed by atoms with Crippen molar-refractivity contribution < 1.29 is 19.0 Å². The van der Waals surface area contributed by atoms with E-state index in [1.165, 1.54) is 5.56 Å². The zero-order valence-electron chi connectivity index (χ0n) is 17.9. The Hall–Kier alpha value is -2.73. The van der Waals surface area contributed by atoms with Crippen LogP contribution in [0, 0.1) is 5.92 Å². The molecule has 1 atom stereocenters. The number of fused-ring (bicyclic) bond motifs is 1. The Kier molecular flexibility index (Phi) is 6.13. The number of hydrogen-bond acceptors (Lipinski definition) is 5. The number of nitrogens with zero attached hydrogens (tertiary/aromatic N) is 1. The van der Waals surface area contributed by atoms with E-state index in [1.54, 1.807) is 21.3 Å². The van der Waals surface area contributed by atoms with Crippen LogP contribution in [0.2, 0.25) is 0 Å². The van der Waals surface area contributed by atoms with Gasteiger partial charge in [-0.25, -0.2) is 0 Å². The minimum atomic E-state index is 0.0571. The Labute approximate surface area is 178 Å². The van der Waals surface area contributed by atoms with Crippen LogP contribution in [0.3, 0.4) is 0 Å². The lowest BCUT2D eigenvalue weighted by Crippen LogP contribution is -2.42. The van der Waals surface area contributed by atoms with Gasteiger partial charge in [-0.05, 0) is 61.2 Å². The minimum absolute atomic E-state index is 0.0571. The van der Waals surface area contributed by atoms with Crippen molar-refractivity contribution in [3.05, 3.63) is 53.1 Å². The molecule has 1 N–H and O–H groups in total. The number of rotatable bonds is 6. The Morgan fingerprint density at radius 2 is 1.67 bits per heavy atom. The van der Waals surface area contributed by atoms with Crippen molar-refractivity contribution in [3.8, 4) is 17.2 Å². The van der Waals surface area contributed by atoms with Crippen molar-refractivity contribution >= 4 is 5.91 Å². The van der Waals surface area contributed by atoms with Gasteiger partial charge in [0.25, 0.3) is 5.91 Å². The Morgan fingerprint density at radius 3 is 2.30 bits per heavy atom. The van der Waals surface area contributed by atoms with Crippen LogP contribution in [0.15, 0.2) is 36.4 Å². The van der Waals surface area contributed by atoms with Gasteiger partial charge in [0, 0.05) is 24.6 Å². The maximum atomic E-state index is 12.2. The summed E-state index contributed by atoms with van der Waals surface area (Å²) < 4.78 is 16.4. The first kappa shape index (κ1) is 20.5. The molecule has 0 radical (unpaired) electrons. The highest BCUT2D eigenvalue weighted by Crippen LogP contribution is 2.39. The zero-order valence-corrected chi connectivity index (χ0v) is 17.9. The van der Waals surface area contributed by atoms with E-state index in [2.05, 4.69) is 16.3 Å². The van der Waals surface area contributed by atoms with E-state index in [4.69, 9.17) is 14.2 Å². The molecule has 0 aromatic heterocycles. The average molecular weight is 411 g/mol. The molecule has 1 unspecified atom stereocenters. The Morgan fingerprint density at radius 1 is 1.00 bits per heavy atom. The van der Waals surface area contributed by atoms with Crippen LogP contribution >= 0.6 is 0 Å². The van der Waals surface area contributed by atoms with Gasteiger partial charge < -0.3 is 19.5 Å². The van der Waals surface area contributed by atoms with Crippen LogP contribution in [-0.2, 0) is 6.54 Å². The highest BCUT2D eigenvalue weighted by atomic mass is 16.5. The van der Waals surface area contributed by atoms with Crippen LogP contribution in [0.1, 0.15) is 40.2 Å². The summed E-state index contributed by atoms with van der Waals surface area (Å²) in [5, 5.41) is 3.08. The van der Waals surface area contributed by atoms with Gasteiger partial charge >= 0.3 is 0 Å². The standard InChI is InChI=1S/C24H30N2O4/c1-28-21-12-16(13-22(29-2)23(21)30-3)15-26-10-8-17(9-11-26)20-14-25-24(27)19-7-5-4-6-18(19)20/h4-7,12-13,17,20H,8-11,14-15H2,1-3H3,(H,25,27). The van der Waals surface area contributed by atoms with Gasteiger partial charge in [0.1, 0.15) is 0 Å². The third-order valence-electron chi connectivity index (χ3n) is 6.42. The normalized spacial score (nSPS) is 19.7. The molecule has 2 aromatic carbocycles. The smallest absolute Gasteiger partial charge is 0.251 e. The molecule has 1 amide bonds. The summed E-state index contributed by atoms with van der Waals surface area (Å²) in [7, 11) is 4.91. The molecule has 30 heavy (non-hydrogen) atoms. The second-order valence-electron chi connectivity index (χ2n) is 8.05. The number of benzene rings is 2. The highest BCUT2D eigenvalue weighted by Gasteiger charge is 2.33. The molecule has 2 aliphatic rings. The van der Waals surface area contributed by atoms with E-state index < -0.39 is 0 Å². The summed E-state index contributed by atoms with van der Waals surface area (Å²) in [5.74, 6) is 3.06. The molecule has 1 fully saturated rings. The first-order valence-electron chi connectivity index (χ1n) is 10.5. The predicted molar refractivity (Wildman–Crippen MR) is 116 cm³/mol. The van der Waals surface area contributed by atoms with Gasteiger partial charge in [-0.15, -0.1) is 0 Å². The Balaban J connectivity index is 1.42. The van der Waals surface area contributed by atoms with Crippen LogP contribution in [0.5, 0.6) is 17.2 Å². The fourth-order valence-corrected chi connectivity index (χ4v) is 4.85. The maximum Gasteiger partial charge on any atom is 0.251 e. The third kappa shape index (κ3) is 3.97. The van der Waals surface area contributed by atoms with Crippen LogP contribution in [-0.4, -0.2) is 51.8 Å². The van der Waals surface area contributed by atoms with Crippen molar-refractivity contribution in [3.63, 3.8) is 0 Å². The fourth-order valence-electron chi connectivity index (χ4n) is 4.85. The first-order chi connectivity index (χ1) is 14.6. The topological polar surface area (TPSA) is 60.0 Å². The lowest BCUT2D eigenvalue weighted by molar-refractivity contribution is 0.0922. The average Bonchev–Trinajstić information content (AvgIpc) is 2.79. The van der Waals surface area contributed by atoms with Crippen LogP contribution < -0.4 is 19.5 Å². The summed E-state index contributed by atoms with van der Waals surface area (Å²) >= 11 is 0. The van der Waals surface area contributed by atoms with Gasteiger partial charge in [-0.1, -0.05) is 18.2 Å². The van der Waals surface area contributed by atoms with Crippen molar-refractivity contribution in [1.82, 2.24) is 10.2 Å². The second kappa shape index (κ2) is 8.96. The zero-order chi connectivity index (χ0) is 21.1. The molecule has 0 spiro atoms. The molecule has 0 aliphatic carbocycles. The highest BCUT2D eigenvalue weighted by molar-refractivity contribution is 5.97. The largest absolute Gasteiger partial charge is 0.493 e. The summed E-state index contributed by atoms with van der Waals surface area (Å²) in [6.07, 6.45) is 2.25. The molecular formula is C24H30N2O4. The third-order valence-corrected chi connectivity index (χ3v) is 6.42. The van der Waals surface area contributed by atoms with E-state index >= 15 is 0 Å². The van der Waals surface area contributed by atoms with Crippen molar-refractivity contribution in [2.75, 3.05) is 41.0 Å². The van der Waals surface area contributed by atoms with Gasteiger partial charge in [0.2, 0.25) is 5.75 Å². The second-order valence-corrected chi connectivity index (χ2v) is 8.05. The molecule has 2 heterocycles. The minimum Gasteiger partial charge on any atom is -0.493 e. The lowest BCUT2D eigenvalue weighted by atomic mass is 9.76.